The van der Waals surface area contributed by atoms with Gasteiger partial charge in [-0.1, -0.05) is 0 Å². The van der Waals surface area contributed by atoms with Gasteiger partial charge in [-0.2, -0.15) is 0 Å². The number of nitrogens with zero attached hydrogens (tertiary/aromatic N) is 3. The number of thiazole rings is 1. The Hall–Kier alpha value is -1.74. The lowest BCUT2D eigenvalue weighted by molar-refractivity contribution is 0.600. The van der Waals surface area contributed by atoms with Crippen LogP contribution < -0.4 is 10.5 Å². The van der Waals surface area contributed by atoms with Crippen LogP contribution in [0.15, 0.2) is 17.3 Å². The molecule has 106 valence electrons. The van der Waals surface area contributed by atoms with Gasteiger partial charge in [-0.15, -0.1) is 11.3 Å². The van der Waals surface area contributed by atoms with E-state index < -0.39 is 10.0 Å². The van der Waals surface area contributed by atoms with E-state index in [-0.39, 0.29) is 10.8 Å². The summed E-state index contributed by atoms with van der Waals surface area (Å²) in [5.74, 6) is 0.0358. The third-order valence-corrected chi connectivity index (χ3v) is 5.52. The molecule has 7 nitrogen and oxygen atoms in total. The van der Waals surface area contributed by atoms with E-state index in [1.54, 1.807) is 0 Å². The van der Waals surface area contributed by atoms with Crippen molar-refractivity contribution in [2.75, 3.05) is 10.5 Å². The molecule has 3 rings (SSSR count). The summed E-state index contributed by atoms with van der Waals surface area (Å²) in [4.78, 5) is 12.8. The first-order chi connectivity index (χ1) is 9.54. The smallest absolute Gasteiger partial charge is 0.266 e. The second kappa shape index (κ2) is 4.98. The number of aromatic nitrogens is 3. The minimum absolute atomic E-state index is 0.0279. The lowest BCUT2D eigenvalue weighted by Crippen LogP contribution is -2.14. The molecule has 9 heteroatoms. The fourth-order valence-electron chi connectivity index (χ4n) is 2.03. The molecule has 0 bridgehead atoms. The molecule has 0 radical (unpaired) electrons. The number of anilines is 2. The van der Waals surface area contributed by atoms with Crippen LogP contribution in [0, 0.1) is 0 Å². The summed E-state index contributed by atoms with van der Waals surface area (Å²) in [5.41, 5.74) is 6.35. The summed E-state index contributed by atoms with van der Waals surface area (Å²) < 4.78 is 26.8. The second-order valence-corrected chi connectivity index (χ2v) is 7.24. The molecular formula is C11H13N5O2S2. The lowest BCUT2D eigenvalue weighted by Gasteiger charge is -2.06. The van der Waals surface area contributed by atoms with Crippen LogP contribution in [0.25, 0.3) is 0 Å². The molecule has 1 aliphatic carbocycles. The topological polar surface area (TPSA) is 111 Å². The molecule has 20 heavy (non-hydrogen) atoms. The van der Waals surface area contributed by atoms with Gasteiger partial charge in [-0.05, 0) is 25.7 Å². The van der Waals surface area contributed by atoms with Crippen LogP contribution in [0.5, 0.6) is 0 Å². The van der Waals surface area contributed by atoms with Gasteiger partial charge in [0.05, 0.1) is 18.1 Å². The maximum Gasteiger partial charge on any atom is 0.266 e. The number of fused-ring (bicyclic) bond motifs is 1. The highest BCUT2D eigenvalue weighted by molar-refractivity contribution is 7.93. The van der Waals surface area contributed by atoms with Crippen LogP contribution in [0.4, 0.5) is 11.1 Å². The fourth-order valence-corrected chi connectivity index (χ4v) is 4.21. The Bertz CT molecular complexity index is 700. The third kappa shape index (κ3) is 2.59. The van der Waals surface area contributed by atoms with Crippen LogP contribution in [0.3, 0.4) is 0 Å². The Morgan fingerprint density at radius 1 is 1.20 bits per heavy atom. The average molecular weight is 311 g/mol. The predicted octanol–water partition coefficient (Wildman–Crippen LogP) is 1.19. The van der Waals surface area contributed by atoms with Crippen LogP contribution in [0.1, 0.15) is 23.4 Å². The van der Waals surface area contributed by atoms with Gasteiger partial charge in [0, 0.05) is 4.88 Å². The van der Waals surface area contributed by atoms with E-state index in [1.165, 1.54) is 28.6 Å². The van der Waals surface area contributed by atoms with Crippen molar-refractivity contribution in [2.24, 2.45) is 0 Å². The van der Waals surface area contributed by atoms with Crippen molar-refractivity contribution in [2.45, 2.75) is 30.6 Å². The van der Waals surface area contributed by atoms with Gasteiger partial charge in [0.25, 0.3) is 10.0 Å². The van der Waals surface area contributed by atoms with Crippen molar-refractivity contribution in [3.8, 4) is 0 Å². The highest BCUT2D eigenvalue weighted by Crippen LogP contribution is 2.30. The van der Waals surface area contributed by atoms with Crippen molar-refractivity contribution in [1.29, 1.82) is 0 Å². The Kier molecular flexibility index (Phi) is 3.30. The van der Waals surface area contributed by atoms with Gasteiger partial charge in [-0.3, -0.25) is 4.72 Å². The zero-order valence-corrected chi connectivity index (χ0v) is 12.2. The number of rotatable bonds is 3. The average Bonchev–Trinajstić information content (AvgIpc) is 2.80. The SMILES string of the molecule is Nc1ncc(S(=O)(=O)Nc2nc3c(s2)CCCC3)cn1. The zero-order valence-electron chi connectivity index (χ0n) is 10.5. The highest BCUT2D eigenvalue weighted by atomic mass is 32.2. The van der Waals surface area contributed by atoms with E-state index in [0.717, 1.165) is 31.4 Å². The predicted molar refractivity (Wildman–Crippen MR) is 76.0 cm³/mol. The maximum atomic E-state index is 12.2. The molecule has 2 aromatic heterocycles. The summed E-state index contributed by atoms with van der Waals surface area (Å²) in [6, 6.07) is 0. The van der Waals surface area contributed by atoms with E-state index in [2.05, 4.69) is 19.7 Å². The minimum Gasteiger partial charge on any atom is -0.368 e. The van der Waals surface area contributed by atoms with Crippen molar-refractivity contribution < 1.29 is 8.42 Å². The summed E-state index contributed by atoms with van der Waals surface area (Å²) in [6.07, 6.45) is 6.48. The van der Waals surface area contributed by atoms with Crippen molar-refractivity contribution >= 4 is 32.4 Å². The first-order valence-corrected chi connectivity index (χ1v) is 8.43. The molecule has 2 heterocycles. The largest absolute Gasteiger partial charge is 0.368 e. The molecule has 0 amide bonds. The van der Waals surface area contributed by atoms with E-state index in [0.29, 0.717) is 5.13 Å². The quantitative estimate of drug-likeness (QED) is 0.881. The molecular weight excluding hydrogens is 298 g/mol. The van der Waals surface area contributed by atoms with Gasteiger partial charge in [0.2, 0.25) is 5.95 Å². The van der Waals surface area contributed by atoms with Crippen molar-refractivity contribution in [3.05, 3.63) is 23.0 Å². The van der Waals surface area contributed by atoms with Crippen LogP contribution in [0.2, 0.25) is 0 Å². The van der Waals surface area contributed by atoms with E-state index in [4.69, 9.17) is 5.73 Å². The van der Waals surface area contributed by atoms with Gasteiger partial charge in [0.15, 0.2) is 5.13 Å². The summed E-state index contributed by atoms with van der Waals surface area (Å²) in [5, 5.41) is 0.397. The van der Waals surface area contributed by atoms with E-state index >= 15 is 0 Å². The molecule has 1 aliphatic rings. The van der Waals surface area contributed by atoms with E-state index in [9.17, 15) is 8.42 Å². The molecule has 0 aliphatic heterocycles. The second-order valence-electron chi connectivity index (χ2n) is 4.48. The monoisotopic (exact) mass is 311 g/mol. The molecule has 3 N–H and O–H groups in total. The molecule has 0 atom stereocenters. The Balaban J connectivity index is 1.86. The standard InChI is InChI=1S/C11H13N5O2S2/c12-10-13-5-7(6-14-10)20(17,18)16-11-15-8-3-1-2-4-9(8)19-11/h5-6H,1-4H2,(H,15,16)(H2,12,13,14). The maximum absolute atomic E-state index is 12.2. The van der Waals surface area contributed by atoms with Gasteiger partial charge < -0.3 is 5.73 Å². The summed E-state index contributed by atoms with van der Waals surface area (Å²) in [6.45, 7) is 0. The third-order valence-electron chi connectivity index (χ3n) is 3.03. The molecule has 0 spiro atoms. The van der Waals surface area contributed by atoms with Crippen LogP contribution in [-0.4, -0.2) is 23.4 Å². The molecule has 0 unspecified atom stereocenters. The number of hydrogen-bond acceptors (Lipinski definition) is 7. The van der Waals surface area contributed by atoms with Gasteiger partial charge >= 0.3 is 0 Å². The molecule has 0 saturated heterocycles. The Morgan fingerprint density at radius 2 is 1.90 bits per heavy atom. The normalized spacial score (nSPS) is 14.8. The van der Waals surface area contributed by atoms with Crippen LogP contribution in [-0.2, 0) is 22.9 Å². The summed E-state index contributed by atoms with van der Waals surface area (Å²) in [7, 11) is -3.71. The molecule has 0 saturated carbocycles. The first kappa shape index (κ1) is 13.3. The number of nitrogens with one attached hydrogen (secondary N) is 1. The highest BCUT2D eigenvalue weighted by Gasteiger charge is 2.20. The number of aryl methyl sites for hydroxylation is 2. The first-order valence-electron chi connectivity index (χ1n) is 6.13. The number of sulfonamides is 1. The van der Waals surface area contributed by atoms with Gasteiger partial charge in [-0.25, -0.2) is 23.4 Å². The Morgan fingerprint density at radius 3 is 2.60 bits per heavy atom. The van der Waals surface area contributed by atoms with Crippen molar-refractivity contribution in [1.82, 2.24) is 15.0 Å². The molecule has 0 fully saturated rings. The Labute approximate surface area is 120 Å². The lowest BCUT2D eigenvalue weighted by atomic mass is 10.0. The number of nitrogen functional groups attached to an aromatic ring is 1. The minimum atomic E-state index is -3.71. The summed E-state index contributed by atoms with van der Waals surface area (Å²) >= 11 is 1.39. The van der Waals surface area contributed by atoms with Crippen molar-refractivity contribution in [3.63, 3.8) is 0 Å². The molecule has 0 aromatic carbocycles. The van der Waals surface area contributed by atoms with Crippen LogP contribution >= 0.6 is 11.3 Å². The number of nitrogens with two attached hydrogens (primary N) is 1. The fraction of sp³-hybridized carbons (Fsp3) is 0.364. The number of hydrogen-bond donors (Lipinski definition) is 2. The molecule has 2 aromatic rings. The van der Waals surface area contributed by atoms with Gasteiger partial charge in [0.1, 0.15) is 4.90 Å². The van der Waals surface area contributed by atoms with E-state index in [1.807, 2.05) is 0 Å². The zero-order chi connectivity index (χ0) is 14.2.